The quantitative estimate of drug-likeness (QED) is 0.383. The molecule has 2 amide bonds. The molecular weight excluding hydrogens is 380 g/mol. The van der Waals surface area contributed by atoms with Gasteiger partial charge in [-0.1, -0.05) is 29.8 Å². The average molecular weight is 403 g/mol. The summed E-state index contributed by atoms with van der Waals surface area (Å²) in [5.41, 5.74) is 1.47. The molecule has 0 heterocycles. The third-order valence-electron chi connectivity index (χ3n) is 3.87. The minimum Gasteiger partial charge on any atom is -0.427 e. The van der Waals surface area contributed by atoms with Crippen molar-refractivity contribution in [2.75, 3.05) is 13.1 Å². The number of esters is 1. The van der Waals surface area contributed by atoms with Gasteiger partial charge < -0.3 is 15.4 Å². The minimum absolute atomic E-state index is 0.0321. The van der Waals surface area contributed by atoms with E-state index in [-0.39, 0.29) is 11.8 Å². The fourth-order valence-corrected chi connectivity index (χ4v) is 2.61. The lowest BCUT2D eigenvalue weighted by Crippen LogP contribution is -2.30. The number of aryl methyl sites for hydroxylation is 1. The zero-order chi connectivity index (χ0) is 20.4. The topological polar surface area (TPSA) is 84.5 Å². The summed E-state index contributed by atoms with van der Waals surface area (Å²) in [7, 11) is 0. The van der Waals surface area contributed by atoms with Crippen LogP contribution < -0.4 is 15.4 Å². The highest BCUT2D eigenvalue weighted by Crippen LogP contribution is 2.13. The number of ether oxygens (including phenoxy) is 1. The highest BCUT2D eigenvalue weighted by Gasteiger charge is 2.07. The zero-order valence-electron chi connectivity index (χ0n) is 15.7. The second-order valence-corrected chi connectivity index (χ2v) is 6.64. The van der Waals surface area contributed by atoms with Crippen molar-refractivity contribution in [1.82, 2.24) is 10.6 Å². The number of hydrogen-bond donors (Lipinski definition) is 2. The van der Waals surface area contributed by atoms with E-state index in [2.05, 4.69) is 10.6 Å². The first-order valence-corrected chi connectivity index (χ1v) is 9.39. The van der Waals surface area contributed by atoms with Crippen LogP contribution in [0.1, 0.15) is 35.7 Å². The monoisotopic (exact) mass is 402 g/mol. The Morgan fingerprint density at radius 1 is 1.00 bits per heavy atom. The predicted octanol–water partition coefficient (Wildman–Crippen LogP) is 3.13. The SMILES string of the molecule is CC(=O)Oc1cccc(C(=O)NCCCNC(=O)CCc2ccc(Cl)cc2)c1. The average Bonchev–Trinajstić information content (AvgIpc) is 2.67. The summed E-state index contributed by atoms with van der Waals surface area (Å²) in [4.78, 5) is 34.9. The fourth-order valence-electron chi connectivity index (χ4n) is 2.48. The van der Waals surface area contributed by atoms with Crippen LogP contribution in [0.15, 0.2) is 48.5 Å². The number of rotatable bonds is 9. The molecule has 0 saturated heterocycles. The summed E-state index contributed by atoms with van der Waals surface area (Å²) in [5.74, 6) is -0.407. The molecule has 6 nitrogen and oxygen atoms in total. The highest BCUT2D eigenvalue weighted by molar-refractivity contribution is 6.30. The molecule has 2 N–H and O–H groups in total. The lowest BCUT2D eigenvalue weighted by atomic mass is 10.1. The molecule has 0 saturated carbocycles. The molecule has 7 heteroatoms. The van der Waals surface area contributed by atoms with E-state index in [0.717, 1.165) is 5.56 Å². The van der Waals surface area contributed by atoms with E-state index >= 15 is 0 Å². The Kier molecular flexibility index (Phi) is 8.49. The molecule has 148 valence electrons. The summed E-state index contributed by atoms with van der Waals surface area (Å²) < 4.78 is 4.96. The lowest BCUT2D eigenvalue weighted by Gasteiger charge is -2.08. The van der Waals surface area contributed by atoms with Gasteiger partial charge in [0.1, 0.15) is 5.75 Å². The Balaban J connectivity index is 1.63. The molecule has 28 heavy (non-hydrogen) atoms. The van der Waals surface area contributed by atoms with Crippen molar-refractivity contribution >= 4 is 29.4 Å². The number of hydrogen-bond acceptors (Lipinski definition) is 4. The first-order valence-electron chi connectivity index (χ1n) is 9.02. The van der Waals surface area contributed by atoms with Crippen LogP contribution in [0.4, 0.5) is 0 Å². The molecule has 0 radical (unpaired) electrons. The minimum atomic E-state index is -0.440. The first-order chi connectivity index (χ1) is 13.4. The molecule has 0 fully saturated rings. The van der Waals surface area contributed by atoms with Crippen molar-refractivity contribution in [2.45, 2.75) is 26.2 Å². The van der Waals surface area contributed by atoms with Crippen LogP contribution >= 0.6 is 11.6 Å². The third-order valence-corrected chi connectivity index (χ3v) is 4.13. The first kappa shape index (κ1) is 21.4. The van der Waals surface area contributed by atoms with Crippen LogP contribution in [0.5, 0.6) is 5.75 Å². The van der Waals surface area contributed by atoms with Gasteiger partial charge in [-0.25, -0.2) is 0 Å². The van der Waals surface area contributed by atoms with Crippen molar-refractivity contribution in [3.63, 3.8) is 0 Å². The smallest absolute Gasteiger partial charge is 0.308 e. The van der Waals surface area contributed by atoms with E-state index in [4.69, 9.17) is 16.3 Å². The van der Waals surface area contributed by atoms with Gasteiger partial charge in [-0.3, -0.25) is 14.4 Å². The van der Waals surface area contributed by atoms with Gasteiger partial charge in [-0.05, 0) is 48.7 Å². The maximum atomic E-state index is 12.1. The normalized spacial score (nSPS) is 10.2. The van der Waals surface area contributed by atoms with Gasteiger partial charge in [-0.15, -0.1) is 0 Å². The Morgan fingerprint density at radius 3 is 2.43 bits per heavy atom. The summed E-state index contributed by atoms with van der Waals surface area (Å²) in [5, 5.41) is 6.28. The Hall–Kier alpha value is -2.86. The molecule has 0 atom stereocenters. The van der Waals surface area contributed by atoms with Crippen LogP contribution in [0.3, 0.4) is 0 Å². The number of benzene rings is 2. The summed E-state index contributed by atoms with van der Waals surface area (Å²) in [6, 6.07) is 13.8. The molecule has 0 spiro atoms. The van der Waals surface area contributed by atoms with E-state index in [1.807, 2.05) is 12.1 Å². The molecule has 0 unspecified atom stereocenters. The van der Waals surface area contributed by atoms with Gasteiger partial charge >= 0.3 is 5.97 Å². The van der Waals surface area contributed by atoms with Gasteiger partial charge in [0.25, 0.3) is 5.91 Å². The molecule has 0 aliphatic heterocycles. The number of halogens is 1. The summed E-state index contributed by atoms with van der Waals surface area (Å²) in [6.45, 7) is 2.21. The van der Waals surface area contributed by atoms with E-state index in [9.17, 15) is 14.4 Å². The van der Waals surface area contributed by atoms with Gasteiger partial charge in [-0.2, -0.15) is 0 Å². The third kappa shape index (κ3) is 7.80. The van der Waals surface area contributed by atoms with Crippen LogP contribution in [0, 0.1) is 0 Å². The van der Waals surface area contributed by atoms with E-state index in [1.165, 1.54) is 13.0 Å². The Labute approximate surface area is 169 Å². The molecule has 2 aromatic carbocycles. The summed E-state index contributed by atoms with van der Waals surface area (Å²) >= 11 is 5.83. The number of amides is 2. The van der Waals surface area contributed by atoms with Crippen molar-refractivity contribution in [3.05, 3.63) is 64.7 Å². The molecule has 2 rings (SSSR count). The van der Waals surface area contributed by atoms with Crippen LogP contribution in [-0.4, -0.2) is 30.9 Å². The zero-order valence-corrected chi connectivity index (χ0v) is 16.4. The van der Waals surface area contributed by atoms with Crippen LogP contribution in [0.2, 0.25) is 5.02 Å². The van der Waals surface area contributed by atoms with E-state index < -0.39 is 5.97 Å². The highest BCUT2D eigenvalue weighted by atomic mass is 35.5. The summed E-state index contributed by atoms with van der Waals surface area (Å²) in [6.07, 6.45) is 1.66. The molecule has 0 aromatic heterocycles. The van der Waals surface area contributed by atoms with Crippen molar-refractivity contribution in [1.29, 1.82) is 0 Å². The van der Waals surface area contributed by atoms with Crippen molar-refractivity contribution in [2.24, 2.45) is 0 Å². The predicted molar refractivity (Wildman–Crippen MR) is 107 cm³/mol. The molecule has 0 aliphatic carbocycles. The van der Waals surface area contributed by atoms with Gasteiger partial charge in [0, 0.05) is 37.0 Å². The Morgan fingerprint density at radius 2 is 1.71 bits per heavy atom. The van der Waals surface area contributed by atoms with Crippen molar-refractivity contribution < 1.29 is 19.1 Å². The van der Waals surface area contributed by atoms with Crippen LogP contribution in [0.25, 0.3) is 0 Å². The lowest BCUT2D eigenvalue weighted by molar-refractivity contribution is -0.131. The van der Waals surface area contributed by atoms with Crippen LogP contribution in [-0.2, 0) is 16.0 Å². The van der Waals surface area contributed by atoms with Gasteiger partial charge in [0.2, 0.25) is 5.91 Å². The molecule has 0 aliphatic rings. The number of carbonyl (C=O) groups excluding carboxylic acids is 3. The number of nitrogens with one attached hydrogen (secondary N) is 2. The largest absolute Gasteiger partial charge is 0.427 e. The van der Waals surface area contributed by atoms with Gasteiger partial charge in [0.15, 0.2) is 0 Å². The molecule has 0 bridgehead atoms. The fraction of sp³-hybridized carbons (Fsp3) is 0.286. The van der Waals surface area contributed by atoms with Gasteiger partial charge in [0.05, 0.1) is 0 Å². The molecule has 2 aromatic rings. The Bertz CT molecular complexity index is 821. The van der Waals surface area contributed by atoms with Crippen molar-refractivity contribution in [3.8, 4) is 5.75 Å². The standard InChI is InChI=1S/C21H23ClN2O4/c1-15(25)28-19-5-2-4-17(14-19)21(27)24-13-3-12-23-20(26)11-8-16-6-9-18(22)10-7-16/h2,4-7,9-10,14H,3,8,11-13H2,1H3,(H,23,26)(H,24,27). The second-order valence-electron chi connectivity index (χ2n) is 6.21. The molecular formula is C21H23ClN2O4. The maximum absolute atomic E-state index is 12.1. The van der Waals surface area contributed by atoms with E-state index in [1.54, 1.807) is 30.3 Å². The second kappa shape index (κ2) is 11.1. The van der Waals surface area contributed by atoms with E-state index in [0.29, 0.717) is 48.7 Å². The number of carbonyl (C=O) groups is 3. The maximum Gasteiger partial charge on any atom is 0.308 e.